The predicted octanol–water partition coefficient (Wildman–Crippen LogP) is -1.21. The van der Waals surface area contributed by atoms with Crippen LogP contribution in [0.4, 0.5) is 0 Å². The molecule has 0 aromatic carbocycles. The molecule has 5 heavy (non-hydrogen) atoms. The number of rotatable bonds is 0. The molecule has 0 spiro atoms. The van der Waals surface area contributed by atoms with Crippen molar-refractivity contribution in [3.8, 4) is 0 Å². The molecular formula is CH4N2PbSn. The van der Waals surface area contributed by atoms with E-state index in [0.29, 0.717) is 0 Å². The summed E-state index contributed by atoms with van der Waals surface area (Å²) in [5, 5.41) is 5.86. The van der Waals surface area contributed by atoms with E-state index in [9.17, 15) is 0 Å². The van der Waals surface area contributed by atoms with Gasteiger partial charge in [-0.25, -0.2) is 0 Å². The van der Waals surface area contributed by atoms with E-state index in [4.69, 9.17) is 5.41 Å². The first-order valence-electron chi connectivity index (χ1n) is 0.622. The molecule has 0 amide bonds. The molecule has 2 nitrogen and oxygen atoms in total. The Balaban J connectivity index is -0.0000000200. The van der Waals surface area contributed by atoms with Crippen LogP contribution in [0.2, 0.25) is 0 Å². The van der Waals surface area contributed by atoms with Gasteiger partial charge in [0.15, 0.2) is 0 Å². The van der Waals surface area contributed by atoms with Crippen molar-refractivity contribution >= 4 is 57.5 Å². The van der Waals surface area contributed by atoms with E-state index in [2.05, 4.69) is 5.73 Å². The minimum atomic E-state index is 0. The van der Waals surface area contributed by atoms with Crippen LogP contribution in [-0.2, 0) is 0 Å². The van der Waals surface area contributed by atoms with Gasteiger partial charge in [-0.2, -0.15) is 0 Å². The molecule has 0 aromatic rings. The van der Waals surface area contributed by atoms with E-state index in [1.807, 2.05) is 0 Å². The minimum Gasteiger partial charge on any atom is -0.390 e. The summed E-state index contributed by atoms with van der Waals surface area (Å²) < 4.78 is 0. The van der Waals surface area contributed by atoms with E-state index < -0.39 is 0 Å². The average Bonchev–Trinajstić information content (AvgIpc) is 0.918. The summed E-state index contributed by atoms with van der Waals surface area (Å²) in [6.07, 6.45) is 0.750. The predicted molar refractivity (Wildman–Crippen MR) is 24.5 cm³/mol. The van der Waals surface area contributed by atoms with Crippen LogP contribution in [0.1, 0.15) is 0 Å². The van der Waals surface area contributed by atoms with Crippen molar-refractivity contribution in [2.75, 3.05) is 0 Å². The molecule has 0 atom stereocenters. The van der Waals surface area contributed by atoms with Crippen molar-refractivity contribution in [2.24, 2.45) is 5.73 Å². The summed E-state index contributed by atoms with van der Waals surface area (Å²) in [4.78, 5) is 0. The first kappa shape index (κ1) is 16.4. The Morgan fingerprint density at radius 2 is 1.60 bits per heavy atom. The zero-order chi connectivity index (χ0) is 2.71. The zero-order valence-electron chi connectivity index (χ0n) is 2.65. The van der Waals surface area contributed by atoms with Gasteiger partial charge in [-0.05, 0) is 0 Å². The molecule has 0 heterocycles. The molecule has 0 fully saturated rings. The maximum Gasteiger partial charge on any atom is 0.0765 e. The van der Waals surface area contributed by atoms with Gasteiger partial charge < -0.3 is 5.73 Å². The van der Waals surface area contributed by atoms with Crippen molar-refractivity contribution in [3.05, 3.63) is 0 Å². The van der Waals surface area contributed by atoms with E-state index in [1.165, 1.54) is 0 Å². The Kier molecular flexibility index (Phi) is 62.2. The molecule has 0 bridgehead atoms. The Hall–Kier alpha value is 1.19. The second kappa shape index (κ2) is 19.0. The number of hydrogen-bond acceptors (Lipinski definition) is 1. The Labute approximate surface area is 68.1 Å². The molecule has 0 aliphatic rings. The molecule has 8 radical (unpaired) electrons. The van der Waals surface area contributed by atoms with Crippen molar-refractivity contribution in [1.29, 1.82) is 5.41 Å². The topological polar surface area (TPSA) is 49.9 Å². The summed E-state index contributed by atoms with van der Waals surface area (Å²) in [5.74, 6) is 0. The van der Waals surface area contributed by atoms with Gasteiger partial charge in [0.05, 0.1) is 6.34 Å². The summed E-state index contributed by atoms with van der Waals surface area (Å²) in [6.45, 7) is 0. The number of nitrogens with two attached hydrogens (primary N) is 1. The van der Waals surface area contributed by atoms with Gasteiger partial charge in [0.2, 0.25) is 0 Å². The van der Waals surface area contributed by atoms with Gasteiger partial charge in [-0.15, -0.1) is 0 Å². The maximum absolute atomic E-state index is 5.86. The Bertz CT molecular complexity index is 17.1. The quantitative estimate of drug-likeness (QED) is 0.314. The molecule has 0 aliphatic carbocycles. The van der Waals surface area contributed by atoms with E-state index in [0.717, 1.165) is 6.34 Å². The van der Waals surface area contributed by atoms with Crippen LogP contribution in [-0.4, -0.2) is 57.5 Å². The summed E-state index contributed by atoms with van der Waals surface area (Å²) >= 11 is 0. The fourth-order valence-corrected chi connectivity index (χ4v) is 0. The third-order valence-corrected chi connectivity index (χ3v) is 0. The van der Waals surface area contributed by atoms with Gasteiger partial charge in [0.25, 0.3) is 0 Å². The van der Waals surface area contributed by atoms with E-state index in [1.54, 1.807) is 0 Å². The average molecular weight is 370 g/mol. The number of hydrogen-bond donors (Lipinski definition) is 2. The van der Waals surface area contributed by atoms with Gasteiger partial charge in [0, 0.05) is 51.2 Å². The largest absolute Gasteiger partial charge is 0.390 e. The molecule has 4 heteroatoms. The maximum atomic E-state index is 5.86. The van der Waals surface area contributed by atoms with Crippen LogP contribution in [0, 0.1) is 5.41 Å². The van der Waals surface area contributed by atoms with Crippen molar-refractivity contribution in [2.45, 2.75) is 0 Å². The molecule has 0 saturated heterocycles. The minimum absolute atomic E-state index is 0. The van der Waals surface area contributed by atoms with Crippen LogP contribution in [0.25, 0.3) is 0 Å². The first-order chi connectivity index (χ1) is 1.41. The van der Waals surface area contributed by atoms with Crippen LogP contribution in [0.15, 0.2) is 0 Å². The molecule has 0 unspecified atom stereocenters. The molecule has 0 aliphatic heterocycles. The zero-order valence-corrected chi connectivity index (χ0v) is 9.40. The van der Waals surface area contributed by atoms with Gasteiger partial charge in [0.1, 0.15) is 0 Å². The van der Waals surface area contributed by atoms with Gasteiger partial charge in [-0.3, -0.25) is 5.41 Å². The SMILES string of the molecule is N=CN.[Pb].[Sn]. The van der Waals surface area contributed by atoms with Crippen molar-refractivity contribution < 1.29 is 0 Å². The van der Waals surface area contributed by atoms with Crippen molar-refractivity contribution in [3.63, 3.8) is 0 Å². The smallest absolute Gasteiger partial charge is 0.0765 e. The number of nitrogens with one attached hydrogen (secondary N) is 1. The summed E-state index contributed by atoms with van der Waals surface area (Å²) in [7, 11) is 0. The fraction of sp³-hybridized carbons (Fsp3) is 0. The van der Waals surface area contributed by atoms with Crippen LogP contribution < -0.4 is 5.73 Å². The van der Waals surface area contributed by atoms with Gasteiger partial charge in [-0.1, -0.05) is 0 Å². The van der Waals surface area contributed by atoms with E-state index in [-0.39, 0.29) is 51.2 Å². The first-order valence-corrected chi connectivity index (χ1v) is 0.622. The van der Waals surface area contributed by atoms with Crippen LogP contribution >= 0.6 is 0 Å². The summed E-state index contributed by atoms with van der Waals surface area (Å²) in [6, 6.07) is 0. The van der Waals surface area contributed by atoms with Crippen LogP contribution in [0.5, 0.6) is 0 Å². The monoisotopic (exact) mass is 372 g/mol. The Morgan fingerprint density at radius 1 is 1.60 bits per heavy atom. The van der Waals surface area contributed by atoms with E-state index >= 15 is 0 Å². The molecular weight excluding hydrogens is 366 g/mol. The van der Waals surface area contributed by atoms with Crippen molar-refractivity contribution in [1.82, 2.24) is 0 Å². The summed E-state index contributed by atoms with van der Waals surface area (Å²) in [5.41, 5.74) is 4.39. The Morgan fingerprint density at radius 3 is 1.60 bits per heavy atom. The third-order valence-electron chi connectivity index (χ3n) is 0. The third kappa shape index (κ3) is 37.3. The normalized spacial score (nSPS) is 2.40. The molecule has 0 saturated carbocycles. The molecule has 26 valence electrons. The molecule has 0 rings (SSSR count). The standard InChI is InChI=1S/CH4N2.Pb.Sn/c2-1-3;;/h1H,(H3,2,3);;. The second-order valence-electron chi connectivity index (χ2n) is 0.167. The molecule has 0 aromatic heterocycles. The second-order valence-corrected chi connectivity index (χ2v) is 0.167. The molecule has 3 N–H and O–H groups in total. The fourth-order valence-electron chi connectivity index (χ4n) is 0. The van der Waals surface area contributed by atoms with Gasteiger partial charge >= 0.3 is 0 Å². The van der Waals surface area contributed by atoms with Crippen LogP contribution in [0.3, 0.4) is 0 Å².